The van der Waals surface area contributed by atoms with E-state index < -0.39 is 70.5 Å². The molecule has 0 aliphatic rings. The maximum atomic E-state index is 13.5. The molecule has 1 amide bonds. The van der Waals surface area contributed by atoms with Crippen LogP contribution in [0.3, 0.4) is 0 Å². The second kappa shape index (κ2) is 9.09. The highest BCUT2D eigenvalue weighted by atomic mass is 32.2. The maximum Gasteiger partial charge on any atom is 0.466 e. The summed E-state index contributed by atoms with van der Waals surface area (Å²) >= 11 is 0. The van der Waals surface area contributed by atoms with Gasteiger partial charge in [0.25, 0.3) is 0 Å². The summed E-state index contributed by atoms with van der Waals surface area (Å²) in [6.45, 7) is 3.07. The minimum absolute atomic E-state index is 0.407. The molecule has 15 heteroatoms. The lowest BCUT2D eigenvalue weighted by Gasteiger charge is -2.33. The van der Waals surface area contributed by atoms with E-state index in [9.17, 15) is 44.3 Å². The van der Waals surface area contributed by atoms with Crippen LogP contribution >= 0.6 is 0 Å². The van der Waals surface area contributed by atoms with E-state index in [1.54, 1.807) is 5.32 Å². The molecule has 0 aromatic heterocycles. The second-order valence-electron chi connectivity index (χ2n) is 5.72. The monoisotopic (exact) mass is 445 g/mol. The van der Waals surface area contributed by atoms with Gasteiger partial charge in [-0.1, -0.05) is 20.4 Å². The summed E-state index contributed by atoms with van der Waals surface area (Å²) in [4.78, 5) is 23.2. The third-order valence-electron chi connectivity index (χ3n) is 2.88. The molecule has 1 atom stereocenters. The van der Waals surface area contributed by atoms with Crippen LogP contribution in [0.1, 0.15) is 20.3 Å². The quantitative estimate of drug-likeness (QED) is 0.173. The lowest BCUT2D eigenvalue weighted by Crippen LogP contribution is -2.62. The van der Waals surface area contributed by atoms with Crippen molar-refractivity contribution in [3.63, 3.8) is 0 Å². The fraction of sp³-hybridized carbons (Fsp3) is 0.692. The van der Waals surface area contributed by atoms with Crippen molar-refractivity contribution in [3.05, 3.63) is 12.4 Å². The number of ether oxygens (including phenoxy) is 2. The summed E-state index contributed by atoms with van der Waals surface area (Å²) in [6, 6.07) is 0. The molecule has 164 valence electrons. The van der Waals surface area contributed by atoms with Crippen LogP contribution in [-0.2, 0) is 29.2 Å². The van der Waals surface area contributed by atoms with Crippen LogP contribution in [0.15, 0.2) is 12.4 Å². The van der Waals surface area contributed by atoms with E-state index >= 15 is 0 Å². The Morgan fingerprint density at radius 2 is 1.68 bits per heavy atom. The van der Waals surface area contributed by atoms with Gasteiger partial charge in [-0.15, -0.1) is 0 Å². The molecular weight excluding hydrogens is 428 g/mol. The Hall–Kier alpha value is -1.87. The molecule has 1 unspecified atom stereocenters. The molecule has 0 aromatic rings. The zero-order chi connectivity index (χ0) is 22.6. The number of carbonyl (C=O) groups is 2. The van der Waals surface area contributed by atoms with Crippen LogP contribution in [0.4, 0.5) is 26.3 Å². The molecule has 0 aliphatic heterocycles. The van der Waals surface area contributed by atoms with E-state index in [2.05, 4.69) is 16.1 Å². The van der Waals surface area contributed by atoms with Gasteiger partial charge in [0.1, 0.15) is 0 Å². The van der Waals surface area contributed by atoms with Crippen molar-refractivity contribution in [3.8, 4) is 0 Å². The summed E-state index contributed by atoms with van der Waals surface area (Å²) in [5.74, 6) is -11.6. The Morgan fingerprint density at radius 3 is 2.04 bits per heavy atom. The Kier molecular flexibility index (Phi) is 8.48. The van der Waals surface area contributed by atoms with Gasteiger partial charge in [0, 0.05) is 6.54 Å². The molecule has 0 aromatic carbocycles. The Morgan fingerprint density at radius 1 is 1.18 bits per heavy atom. The van der Waals surface area contributed by atoms with Crippen molar-refractivity contribution < 1.29 is 58.4 Å². The average Bonchev–Trinajstić information content (AvgIpc) is 2.48. The van der Waals surface area contributed by atoms with Gasteiger partial charge in [-0.3, -0.25) is 9.35 Å². The van der Waals surface area contributed by atoms with Gasteiger partial charge in [0.2, 0.25) is 5.83 Å². The number of hydrogen-bond acceptors (Lipinski definition) is 6. The Labute approximate surface area is 155 Å². The number of rotatable bonds is 10. The lowest BCUT2D eigenvalue weighted by molar-refractivity contribution is -0.348. The van der Waals surface area contributed by atoms with E-state index in [0.717, 1.165) is 0 Å². The highest BCUT2D eigenvalue weighted by Crippen LogP contribution is 2.37. The topological polar surface area (TPSA) is 119 Å². The van der Waals surface area contributed by atoms with Crippen LogP contribution in [0, 0.1) is 5.92 Å². The smallest absolute Gasteiger partial charge is 0.410 e. The highest BCUT2D eigenvalue weighted by Gasteiger charge is 2.66. The van der Waals surface area contributed by atoms with Gasteiger partial charge >= 0.3 is 39.2 Å². The number of esters is 1. The normalized spacial score (nSPS) is 15.1. The fourth-order valence-electron chi connectivity index (χ4n) is 1.45. The van der Waals surface area contributed by atoms with Gasteiger partial charge in [0.15, 0.2) is 0 Å². The van der Waals surface area contributed by atoms with Crippen molar-refractivity contribution in [2.75, 3.05) is 13.2 Å². The average molecular weight is 445 g/mol. The predicted molar refractivity (Wildman–Crippen MR) is 80.0 cm³/mol. The first-order valence-electron chi connectivity index (χ1n) is 7.29. The van der Waals surface area contributed by atoms with Gasteiger partial charge in [-0.05, 0) is 5.92 Å². The third-order valence-corrected chi connectivity index (χ3v) is 3.84. The molecule has 0 spiro atoms. The Bertz CT molecular complexity index is 707. The molecule has 2 N–H and O–H groups in total. The number of nitrogens with one attached hydrogen (secondary N) is 1. The van der Waals surface area contributed by atoms with Gasteiger partial charge in [-0.2, -0.15) is 34.8 Å². The van der Waals surface area contributed by atoms with Gasteiger partial charge in [0.05, 0.1) is 13.0 Å². The fourth-order valence-corrected chi connectivity index (χ4v) is 1.79. The van der Waals surface area contributed by atoms with Gasteiger partial charge < -0.3 is 14.8 Å². The van der Waals surface area contributed by atoms with E-state index in [0.29, 0.717) is 0 Å². The number of amides is 1. The zero-order valence-electron chi connectivity index (χ0n) is 14.5. The van der Waals surface area contributed by atoms with Gasteiger partial charge in [-0.25, -0.2) is 4.79 Å². The Balaban J connectivity index is 5.88. The van der Waals surface area contributed by atoms with Crippen LogP contribution in [0.2, 0.25) is 0 Å². The van der Waals surface area contributed by atoms with E-state index in [1.165, 1.54) is 13.8 Å². The third kappa shape index (κ3) is 6.63. The first-order valence-corrected chi connectivity index (χ1v) is 8.73. The van der Waals surface area contributed by atoms with Crippen LogP contribution < -0.4 is 5.32 Å². The molecule has 8 nitrogen and oxygen atoms in total. The first-order chi connectivity index (χ1) is 12.4. The van der Waals surface area contributed by atoms with Crippen molar-refractivity contribution in [2.24, 2.45) is 5.92 Å². The zero-order valence-corrected chi connectivity index (χ0v) is 15.3. The lowest BCUT2D eigenvalue weighted by atomic mass is 10.2. The number of alkyl halides is 5. The summed E-state index contributed by atoms with van der Waals surface area (Å²) in [5, 5.41) is -3.25. The molecular formula is C13H17F6NO7S. The maximum absolute atomic E-state index is 13.5. The molecule has 0 fully saturated rings. The molecule has 28 heavy (non-hydrogen) atoms. The number of halogens is 6. The highest BCUT2D eigenvalue weighted by molar-refractivity contribution is 7.86. The van der Waals surface area contributed by atoms with Crippen molar-refractivity contribution in [2.45, 2.75) is 37.5 Å². The van der Waals surface area contributed by atoms with Crippen molar-refractivity contribution >= 4 is 22.0 Å². The molecule has 0 aliphatic carbocycles. The number of carbonyl (C=O) groups excluding carboxylic acids is 2. The van der Waals surface area contributed by atoms with E-state index in [-0.39, 0.29) is 0 Å². The second-order valence-corrected chi connectivity index (χ2v) is 7.27. The minimum atomic E-state index is -6.01. The minimum Gasteiger partial charge on any atom is -0.410 e. The molecule has 0 heterocycles. The SMILES string of the molecule is C=C(F)C(=O)OC(OCCC(F)(F)S(=O)(=O)O)(C(=O)NCC(C)C)C(F)(F)F. The van der Waals surface area contributed by atoms with E-state index in [1.807, 2.05) is 0 Å². The van der Waals surface area contributed by atoms with Crippen LogP contribution in [0.25, 0.3) is 0 Å². The van der Waals surface area contributed by atoms with Crippen LogP contribution in [-0.4, -0.2) is 55.2 Å². The number of hydrogen-bond donors (Lipinski definition) is 2. The standard InChI is InChI=1S/C13H17F6NO7S/c1-7(2)6-20-10(22)12(13(17,18)19,27-9(21)8(3)14)26-5-4-11(15,16)28(23,24)25/h7H,3-6H2,1-2H3,(H,20,22)(H,23,24,25). The first kappa shape index (κ1) is 26.1. The van der Waals surface area contributed by atoms with Crippen molar-refractivity contribution in [1.82, 2.24) is 5.32 Å². The molecule has 0 radical (unpaired) electrons. The summed E-state index contributed by atoms with van der Waals surface area (Å²) < 4.78 is 117. The molecule has 0 saturated heterocycles. The molecule has 0 bridgehead atoms. The molecule has 0 rings (SSSR count). The summed E-state index contributed by atoms with van der Waals surface area (Å²) in [7, 11) is -6.01. The van der Waals surface area contributed by atoms with E-state index in [4.69, 9.17) is 4.55 Å². The molecule has 0 saturated carbocycles. The predicted octanol–water partition coefficient (Wildman–Crippen LogP) is 1.93. The largest absolute Gasteiger partial charge is 0.466 e. The summed E-state index contributed by atoms with van der Waals surface area (Å²) in [5.41, 5.74) is 0. The van der Waals surface area contributed by atoms with Crippen molar-refractivity contribution in [1.29, 1.82) is 0 Å². The summed E-state index contributed by atoms with van der Waals surface area (Å²) in [6.07, 6.45) is -7.94. The van der Waals surface area contributed by atoms with Crippen LogP contribution in [0.5, 0.6) is 0 Å².